The molecule has 3 aromatic carbocycles. The fourth-order valence-electron chi connectivity index (χ4n) is 3.85. The van der Waals surface area contributed by atoms with Crippen molar-refractivity contribution in [3.63, 3.8) is 0 Å². The molecule has 5 rings (SSSR count). The minimum Gasteiger partial charge on any atom is -0.507 e. The van der Waals surface area contributed by atoms with E-state index >= 15 is 0 Å². The van der Waals surface area contributed by atoms with Crippen LogP contribution >= 0.6 is 22.9 Å². The van der Waals surface area contributed by atoms with Gasteiger partial charge in [-0.05, 0) is 64.9 Å². The van der Waals surface area contributed by atoms with Gasteiger partial charge in [0.25, 0.3) is 5.91 Å². The molecule has 0 atom stereocenters. The number of aromatic hydroxyl groups is 1. The normalized spacial score (nSPS) is 11.3. The number of phenolic OH excluding ortho intramolecular Hbond substituents is 1. The minimum atomic E-state index is -0.472. The van der Waals surface area contributed by atoms with Crippen molar-refractivity contribution in [3.8, 4) is 11.8 Å². The van der Waals surface area contributed by atoms with Gasteiger partial charge < -0.3 is 9.67 Å². The summed E-state index contributed by atoms with van der Waals surface area (Å²) < 4.78 is 3.38. The van der Waals surface area contributed by atoms with E-state index in [9.17, 15) is 9.90 Å². The van der Waals surface area contributed by atoms with Gasteiger partial charge in [0.05, 0.1) is 11.8 Å². The highest BCUT2D eigenvalue weighted by molar-refractivity contribution is 7.17. The number of carbonyl (C=O) groups excluding carboxylic acids is 1. The fourth-order valence-corrected chi connectivity index (χ4v) is 4.96. The number of hydrazone groups is 1. The highest BCUT2D eigenvalue weighted by Gasteiger charge is 2.10. The van der Waals surface area contributed by atoms with Crippen molar-refractivity contribution in [2.75, 3.05) is 0 Å². The third kappa shape index (κ3) is 4.13. The highest BCUT2D eigenvalue weighted by atomic mass is 35.5. The predicted molar refractivity (Wildman–Crippen MR) is 136 cm³/mol. The molecule has 2 N–H and O–H groups in total. The van der Waals surface area contributed by atoms with Crippen molar-refractivity contribution in [1.29, 1.82) is 5.26 Å². The van der Waals surface area contributed by atoms with Gasteiger partial charge in [0, 0.05) is 44.5 Å². The molecule has 166 valence electrons. The van der Waals surface area contributed by atoms with Gasteiger partial charge >= 0.3 is 0 Å². The molecular weight excluding hydrogens is 468 g/mol. The van der Waals surface area contributed by atoms with Gasteiger partial charge in [0.15, 0.2) is 0 Å². The van der Waals surface area contributed by atoms with Crippen molar-refractivity contribution in [1.82, 2.24) is 9.99 Å². The zero-order valence-corrected chi connectivity index (χ0v) is 19.3. The van der Waals surface area contributed by atoms with Crippen LogP contribution in [0, 0.1) is 11.3 Å². The number of carbonyl (C=O) groups is 1. The van der Waals surface area contributed by atoms with E-state index in [1.807, 2.05) is 54.7 Å². The van der Waals surface area contributed by atoms with Gasteiger partial charge in [-0.3, -0.25) is 4.79 Å². The third-order valence-electron chi connectivity index (χ3n) is 5.55. The summed E-state index contributed by atoms with van der Waals surface area (Å²) in [4.78, 5) is 12.4. The second kappa shape index (κ2) is 9.02. The molecule has 8 heteroatoms. The van der Waals surface area contributed by atoms with Crippen molar-refractivity contribution in [2.24, 2.45) is 5.10 Å². The van der Waals surface area contributed by atoms with Crippen LogP contribution in [0.4, 0.5) is 0 Å². The fraction of sp³-hybridized carbons (Fsp3) is 0.0385. The Kier molecular flexibility index (Phi) is 5.76. The third-order valence-corrected chi connectivity index (χ3v) is 6.80. The molecule has 0 unspecified atom stereocenters. The van der Waals surface area contributed by atoms with Crippen molar-refractivity contribution < 1.29 is 9.90 Å². The van der Waals surface area contributed by atoms with Crippen LogP contribution < -0.4 is 5.43 Å². The Hall–Kier alpha value is -4.12. The predicted octanol–water partition coefficient (Wildman–Crippen LogP) is 5.90. The Morgan fingerprint density at radius 1 is 1.18 bits per heavy atom. The number of aromatic nitrogens is 1. The SMILES string of the molecule is N#Cc1cc(C(=O)NN=Cc2cccc3c2ccn3Cc2csc3ccc(Cl)cc23)ccc1O. The Labute approximate surface area is 203 Å². The molecule has 2 heterocycles. The van der Waals surface area contributed by atoms with E-state index < -0.39 is 5.91 Å². The molecule has 34 heavy (non-hydrogen) atoms. The van der Waals surface area contributed by atoms with Crippen LogP contribution in [0.1, 0.15) is 27.0 Å². The number of hydrogen-bond acceptors (Lipinski definition) is 5. The number of nitrogens with one attached hydrogen (secondary N) is 1. The first-order valence-electron chi connectivity index (χ1n) is 10.3. The first-order valence-corrected chi connectivity index (χ1v) is 11.6. The molecule has 0 radical (unpaired) electrons. The number of benzene rings is 3. The summed E-state index contributed by atoms with van der Waals surface area (Å²) in [7, 11) is 0. The smallest absolute Gasteiger partial charge is 0.271 e. The lowest BCUT2D eigenvalue weighted by Crippen LogP contribution is -2.17. The van der Waals surface area contributed by atoms with E-state index in [4.69, 9.17) is 16.9 Å². The van der Waals surface area contributed by atoms with E-state index in [0.29, 0.717) is 6.54 Å². The van der Waals surface area contributed by atoms with E-state index in [0.717, 1.165) is 26.9 Å². The second-order valence-electron chi connectivity index (χ2n) is 7.67. The van der Waals surface area contributed by atoms with Crippen LogP contribution in [0.25, 0.3) is 21.0 Å². The van der Waals surface area contributed by atoms with Crippen LogP contribution in [0.15, 0.2) is 77.3 Å². The molecule has 2 aromatic heterocycles. The Morgan fingerprint density at radius 2 is 2.06 bits per heavy atom. The molecule has 0 fully saturated rings. The Morgan fingerprint density at radius 3 is 2.91 bits per heavy atom. The van der Waals surface area contributed by atoms with Crippen LogP contribution in [0.5, 0.6) is 5.75 Å². The highest BCUT2D eigenvalue weighted by Crippen LogP contribution is 2.30. The van der Waals surface area contributed by atoms with E-state index in [-0.39, 0.29) is 16.9 Å². The number of rotatable bonds is 5. The lowest BCUT2D eigenvalue weighted by Gasteiger charge is -2.06. The van der Waals surface area contributed by atoms with Crippen LogP contribution in [-0.2, 0) is 6.54 Å². The zero-order chi connectivity index (χ0) is 23.7. The molecule has 1 amide bonds. The van der Waals surface area contributed by atoms with Crippen LogP contribution in [0.3, 0.4) is 0 Å². The number of phenols is 1. The number of nitriles is 1. The first kappa shape index (κ1) is 21.7. The van der Waals surface area contributed by atoms with Crippen LogP contribution in [0.2, 0.25) is 5.02 Å². The number of hydrogen-bond donors (Lipinski definition) is 2. The average molecular weight is 485 g/mol. The molecule has 5 aromatic rings. The van der Waals surface area contributed by atoms with Gasteiger partial charge in [-0.2, -0.15) is 10.4 Å². The monoisotopic (exact) mass is 484 g/mol. The summed E-state index contributed by atoms with van der Waals surface area (Å²) in [5.41, 5.74) is 5.85. The van der Waals surface area contributed by atoms with Crippen LogP contribution in [-0.4, -0.2) is 21.8 Å². The summed E-state index contributed by atoms with van der Waals surface area (Å²) in [5.74, 6) is -0.641. The molecular formula is C26H17ClN4O2S. The van der Waals surface area contributed by atoms with Gasteiger partial charge in [-0.1, -0.05) is 23.7 Å². The maximum Gasteiger partial charge on any atom is 0.271 e. The molecule has 0 aliphatic rings. The number of thiophene rings is 1. The van der Waals surface area contributed by atoms with Crippen molar-refractivity contribution in [3.05, 3.63) is 99.5 Å². The topological polar surface area (TPSA) is 90.4 Å². The Bertz CT molecular complexity index is 1630. The summed E-state index contributed by atoms with van der Waals surface area (Å²) in [5, 5.41) is 27.8. The molecule has 6 nitrogen and oxygen atoms in total. The van der Waals surface area contributed by atoms with E-state index in [1.54, 1.807) is 17.6 Å². The molecule has 0 aliphatic heterocycles. The summed E-state index contributed by atoms with van der Waals surface area (Å²) in [6.45, 7) is 0.712. The zero-order valence-electron chi connectivity index (χ0n) is 17.7. The van der Waals surface area contributed by atoms with Crippen molar-refractivity contribution in [2.45, 2.75) is 6.54 Å². The molecule has 0 saturated heterocycles. The summed E-state index contributed by atoms with van der Waals surface area (Å²) in [6.07, 6.45) is 3.63. The number of nitrogens with zero attached hydrogens (tertiary/aromatic N) is 3. The standard InChI is InChI=1S/C26H17ClN4O2S/c27-20-5-7-25-22(11-20)19(15-34-25)14-31-9-8-21-17(2-1-3-23(21)31)13-29-30-26(33)16-4-6-24(32)18(10-16)12-28/h1-11,13,15,32H,14H2,(H,30,33). The largest absolute Gasteiger partial charge is 0.507 e. The maximum absolute atomic E-state index is 12.4. The number of fused-ring (bicyclic) bond motifs is 2. The lowest BCUT2D eigenvalue weighted by molar-refractivity contribution is 0.0955. The molecule has 0 saturated carbocycles. The van der Waals surface area contributed by atoms with E-state index in [2.05, 4.69) is 20.5 Å². The average Bonchev–Trinajstić information content (AvgIpc) is 3.44. The van der Waals surface area contributed by atoms with Gasteiger partial charge in [0.1, 0.15) is 11.8 Å². The first-order chi connectivity index (χ1) is 16.5. The maximum atomic E-state index is 12.4. The van der Waals surface area contributed by atoms with E-state index in [1.165, 1.54) is 28.5 Å². The number of halogens is 1. The summed E-state index contributed by atoms with van der Waals surface area (Å²) >= 11 is 7.91. The molecule has 0 aliphatic carbocycles. The number of amides is 1. The van der Waals surface area contributed by atoms with Gasteiger partial charge in [-0.25, -0.2) is 5.43 Å². The lowest BCUT2D eigenvalue weighted by atomic mass is 10.1. The second-order valence-corrected chi connectivity index (χ2v) is 9.02. The Balaban J connectivity index is 1.37. The molecule has 0 spiro atoms. The molecule has 0 bridgehead atoms. The van der Waals surface area contributed by atoms with Gasteiger partial charge in [0.2, 0.25) is 0 Å². The van der Waals surface area contributed by atoms with Gasteiger partial charge in [-0.15, -0.1) is 11.3 Å². The quantitative estimate of drug-likeness (QED) is 0.240. The van der Waals surface area contributed by atoms with Crippen molar-refractivity contribution >= 4 is 56.0 Å². The summed E-state index contributed by atoms with van der Waals surface area (Å²) in [6, 6.07) is 19.8. The minimum absolute atomic E-state index is 0.0309.